The third-order valence-corrected chi connectivity index (χ3v) is 5.66. The lowest BCUT2D eigenvalue weighted by Gasteiger charge is -2.44. The van der Waals surface area contributed by atoms with Gasteiger partial charge in [0.1, 0.15) is 24.4 Å². The van der Waals surface area contributed by atoms with Crippen LogP contribution in [-0.2, 0) is 23.7 Å². The van der Waals surface area contributed by atoms with E-state index in [2.05, 4.69) is 0 Å². The van der Waals surface area contributed by atoms with E-state index in [0.29, 0.717) is 0 Å². The Bertz CT molecular complexity index is 618. The summed E-state index contributed by atoms with van der Waals surface area (Å²) in [5.74, 6) is -2.50. The van der Waals surface area contributed by atoms with Gasteiger partial charge in [0.15, 0.2) is 6.29 Å². The summed E-state index contributed by atoms with van der Waals surface area (Å²) in [7, 11) is 1.17. The highest BCUT2D eigenvalue weighted by Crippen LogP contribution is 2.49. The molecule has 1 saturated carbocycles. The van der Waals surface area contributed by atoms with Crippen molar-refractivity contribution in [1.82, 2.24) is 0 Å². The van der Waals surface area contributed by atoms with Crippen LogP contribution in [0, 0.1) is 11.8 Å². The van der Waals surface area contributed by atoms with Gasteiger partial charge < -0.3 is 49.6 Å². The molecule has 1 aliphatic carbocycles. The number of carbonyl (C=O) groups excluding carboxylic acids is 1. The average Bonchev–Trinajstić information content (AvgIpc) is 2.91. The Kier molecular flexibility index (Phi) is 5.99. The predicted molar refractivity (Wildman–Crippen MR) is 88.1 cm³/mol. The molecule has 0 bridgehead atoms. The van der Waals surface area contributed by atoms with Gasteiger partial charge in [0.25, 0.3) is 0 Å². The Morgan fingerprint density at radius 1 is 1.21 bits per heavy atom. The molecule has 3 rings (SSSR count). The third kappa shape index (κ3) is 3.53. The van der Waals surface area contributed by atoms with Crippen LogP contribution >= 0.6 is 0 Å². The maximum atomic E-state index is 12.0. The van der Waals surface area contributed by atoms with Gasteiger partial charge >= 0.3 is 5.97 Å². The van der Waals surface area contributed by atoms with Crippen molar-refractivity contribution < 1.29 is 54.4 Å². The minimum absolute atomic E-state index is 0.0337. The van der Waals surface area contributed by atoms with Gasteiger partial charge in [-0.1, -0.05) is 0 Å². The van der Waals surface area contributed by atoms with Gasteiger partial charge in [-0.15, -0.1) is 0 Å². The van der Waals surface area contributed by atoms with Crippen molar-refractivity contribution in [2.24, 2.45) is 11.8 Å². The van der Waals surface area contributed by atoms with Crippen molar-refractivity contribution in [1.29, 1.82) is 0 Å². The van der Waals surface area contributed by atoms with Crippen LogP contribution in [0.15, 0.2) is 11.8 Å². The first-order valence-corrected chi connectivity index (χ1v) is 8.92. The van der Waals surface area contributed by atoms with Crippen LogP contribution in [0.1, 0.15) is 13.3 Å². The van der Waals surface area contributed by atoms with Crippen LogP contribution < -0.4 is 0 Å². The van der Waals surface area contributed by atoms with E-state index in [9.17, 15) is 35.4 Å². The maximum Gasteiger partial charge on any atom is 0.337 e. The molecule has 0 radical (unpaired) electrons. The largest absolute Gasteiger partial charge is 0.471 e. The molecule has 10 atom stereocenters. The number of methoxy groups -OCH3 is 1. The van der Waals surface area contributed by atoms with Gasteiger partial charge in [-0.2, -0.15) is 0 Å². The molecule has 6 N–H and O–H groups in total. The number of fused-ring (bicyclic) bond motifs is 1. The molecule has 11 nitrogen and oxygen atoms in total. The minimum atomic E-state index is -1.66. The van der Waals surface area contributed by atoms with Crippen molar-refractivity contribution in [2.45, 2.75) is 62.0 Å². The molecule has 160 valence electrons. The Hall–Kier alpha value is -1.31. The quantitative estimate of drug-likeness (QED) is 0.262. The smallest absolute Gasteiger partial charge is 0.337 e. The summed E-state index contributed by atoms with van der Waals surface area (Å²) < 4.78 is 21.1. The van der Waals surface area contributed by atoms with Crippen LogP contribution in [0.25, 0.3) is 0 Å². The highest BCUT2D eigenvalue weighted by molar-refractivity contribution is 5.89. The van der Waals surface area contributed by atoms with Crippen molar-refractivity contribution >= 4 is 5.97 Å². The molecule has 3 aliphatic rings. The summed E-state index contributed by atoms with van der Waals surface area (Å²) in [6, 6.07) is 0. The molecule has 2 aliphatic heterocycles. The molecule has 0 aromatic rings. The number of hydrogen-bond donors (Lipinski definition) is 6. The topological polar surface area (TPSA) is 175 Å². The van der Waals surface area contributed by atoms with Crippen LogP contribution in [0.2, 0.25) is 0 Å². The predicted octanol–water partition coefficient (Wildman–Crippen LogP) is -3.04. The molecule has 2 fully saturated rings. The summed E-state index contributed by atoms with van der Waals surface area (Å²) in [5.41, 5.74) is -1.46. The average molecular weight is 406 g/mol. The normalized spacial score (nSPS) is 48.4. The Morgan fingerprint density at radius 3 is 2.50 bits per heavy atom. The molecule has 0 spiro atoms. The Balaban J connectivity index is 1.86. The highest BCUT2D eigenvalue weighted by atomic mass is 16.8. The van der Waals surface area contributed by atoms with E-state index in [-0.39, 0.29) is 12.0 Å². The van der Waals surface area contributed by atoms with Crippen LogP contribution in [0.4, 0.5) is 0 Å². The van der Waals surface area contributed by atoms with Crippen LogP contribution in [-0.4, -0.2) is 99.0 Å². The zero-order valence-electron chi connectivity index (χ0n) is 15.4. The van der Waals surface area contributed by atoms with E-state index < -0.39 is 73.1 Å². The molecule has 1 saturated heterocycles. The molecule has 0 aromatic carbocycles. The fourth-order valence-corrected chi connectivity index (χ4v) is 4.21. The monoisotopic (exact) mass is 406 g/mol. The second-order valence-corrected chi connectivity index (χ2v) is 7.58. The molecule has 2 heterocycles. The fraction of sp³-hybridized carbons (Fsp3) is 0.824. The molecule has 0 aromatic heterocycles. The number of rotatable bonds is 4. The first-order valence-electron chi connectivity index (χ1n) is 8.92. The molecule has 11 heteroatoms. The maximum absolute atomic E-state index is 12.0. The third-order valence-electron chi connectivity index (χ3n) is 5.66. The number of hydrogen-bond acceptors (Lipinski definition) is 11. The number of aliphatic hydroxyl groups is 6. The van der Waals surface area contributed by atoms with Crippen molar-refractivity contribution in [2.75, 3.05) is 13.7 Å². The van der Waals surface area contributed by atoms with Crippen molar-refractivity contribution in [3.05, 3.63) is 11.8 Å². The van der Waals surface area contributed by atoms with Crippen molar-refractivity contribution in [3.8, 4) is 0 Å². The summed E-state index contributed by atoms with van der Waals surface area (Å²) in [5, 5.41) is 60.4. The lowest BCUT2D eigenvalue weighted by atomic mass is 9.80. The standard InChI is InChI=1S/C17H26O11/c1-17(24)3-7(19)9-6(14(23)25-2)5-26-15(10(9)17)28-16-13(22)12(21)11(20)8(4-18)27-16/h5,7-13,15-16,18-22,24H,3-4H2,1-2H3/t7-,8-,9+,10?,11-,12+,13-,15+,16+,17+/m1/s1. The summed E-state index contributed by atoms with van der Waals surface area (Å²) in [4.78, 5) is 12.0. The molecular weight excluding hydrogens is 380 g/mol. The number of carbonyl (C=O) groups is 1. The first kappa shape index (κ1) is 21.4. The first-order chi connectivity index (χ1) is 13.1. The van der Waals surface area contributed by atoms with E-state index in [1.165, 1.54) is 14.0 Å². The van der Waals surface area contributed by atoms with Crippen LogP contribution in [0.5, 0.6) is 0 Å². The SMILES string of the molecule is COC(=O)C1=CO[C@@H](O[C@@H]2O[C@H](CO)[C@@H](O)[C@H](O)[C@H]2O)C2[C@@H]1[C@H](O)C[C@]2(C)O. The lowest BCUT2D eigenvalue weighted by molar-refractivity contribution is -0.346. The molecular formula is C17H26O11. The van der Waals surface area contributed by atoms with Gasteiger partial charge in [0.2, 0.25) is 6.29 Å². The van der Waals surface area contributed by atoms with E-state index in [4.69, 9.17) is 18.9 Å². The summed E-state index contributed by atoms with van der Waals surface area (Å²) in [6.07, 6.45) is -8.88. The molecule has 1 unspecified atom stereocenters. The van der Waals surface area contributed by atoms with E-state index >= 15 is 0 Å². The van der Waals surface area contributed by atoms with E-state index in [1.54, 1.807) is 0 Å². The zero-order valence-corrected chi connectivity index (χ0v) is 15.4. The second kappa shape index (κ2) is 7.84. The van der Waals surface area contributed by atoms with Gasteiger partial charge in [-0.3, -0.25) is 0 Å². The zero-order chi connectivity index (χ0) is 20.8. The fourth-order valence-electron chi connectivity index (χ4n) is 4.21. The number of esters is 1. The van der Waals surface area contributed by atoms with Crippen molar-refractivity contribution in [3.63, 3.8) is 0 Å². The van der Waals surface area contributed by atoms with Gasteiger partial charge in [-0.25, -0.2) is 4.79 Å². The minimum Gasteiger partial charge on any atom is -0.471 e. The summed E-state index contributed by atoms with van der Waals surface area (Å²) >= 11 is 0. The Labute approximate surface area is 160 Å². The highest BCUT2D eigenvalue weighted by Gasteiger charge is 2.59. The van der Waals surface area contributed by atoms with Crippen LogP contribution in [0.3, 0.4) is 0 Å². The lowest BCUT2D eigenvalue weighted by Crippen LogP contribution is -2.60. The summed E-state index contributed by atoms with van der Waals surface area (Å²) in [6.45, 7) is 0.819. The molecule has 0 amide bonds. The van der Waals surface area contributed by atoms with E-state index in [1.807, 2.05) is 0 Å². The van der Waals surface area contributed by atoms with Gasteiger partial charge in [0, 0.05) is 12.3 Å². The van der Waals surface area contributed by atoms with Gasteiger partial charge in [-0.05, 0) is 6.92 Å². The second-order valence-electron chi connectivity index (χ2n) is 7.58. The van der Waals surface area contributed by atoms with Gasteiger partial charge in [0.05, 0.1) is 43.2 Å². The Morgan fingerprint density at radius 2 is 1.89 bits per heavy atom. The van der Waals surface area contributed by atoms with E-state index in [0.717, 1.165) is 6.26 Å². The number of ether oxygens (including phenoxy) is 4. The molecule has 28 heavy (non-hydrogen) atoms. The number of aliphatic hydroxyl groups excluding tert-OH is 5.